The molecule has 1 aliphatic rings. The molecule has 0 saturated heterocycles. The van der Waals surface area contributed by atoms with Crippen LogP contribution in [0.1, 0.15) is 47.9 Å². The number of benzene rings is 3. The molecule has 0 saturated carbocycles. The molecule has 7 nitrogen and oxygen atoms in total. The number of aromatic nitrogens is 1. The van der Waals surface area contributed by atoms with Gasteiger partial charge in [-0.1, -0.05) is 66.7 Å². The molecule has 0 radical (unpaired) electrons. The van der Waals surface area contributed by atoms with E-state index in [0.717, 1.165) is 62.1 Å². The van der Waals surface area contributed by atoms with Crippen molar-refractivity contribution in [3.8, 4) is 5.75 Å². The second-order valence-electron chi connectivity index (χ2n) is 11.7. The summed E-state index contributed by atoms with van der Waals surface area (Å²) in [6.45, 7) is 6.25. The molecule has 7 heteroatoms. The Labute approximate surface area is 267 Å². The van der Waals surface area contributed by atoms with Crippen LogP contribution >= 0.6 is 0 Å². The van der Waals surface area contributed by atoms with Gasteiger partial charge in [0.25, 0.3) is 5.91 Å². The largest absolute Gasteiger partial charge is 0.484 e. The minimum Gasteiger partial charge on any atom is -0.484 e. The number of carbonyl (C=O) groups excluding carboxylic acids is 2. The minimum absolute atomic E-state index is 0.0524. The number of hydrogen-bond donors (Lipinski definition) is 0. The first-order chi connectivity index (χ1) is 22.1. The van der Waals surface area contributed by atoms with Crippen LogP contribution in [0.4, 0.5) is 5.69 Å². The molecule has 0 fully saturated rings. The zero-order chi connectivity index (χ0) is 31.3. The summed E-state index contributed by atoms with van der Waals surface area (Å²) in [4.78, 5) is 38.1. The van der Waals surface area contributed by atoms with Crippen molar-refractivity contribution in [2.45, 2.75) is 52.1 Å². The van der Waals surface area contributed by atoms with Crippen LogP contribution in [0.2, 0.25) is 0 Å². The maximum absolute atomic E-state index is 13.9. The monoisotopic (exact) mass is 604 g/mol. The van der Waals surface area contributed by atoms with E-state index in [9.17, 15) is 9.59 Å². The topological polar surface area (TPSA) is 66.0 Å². The molecular formula is C38H44N4O3. The number of para-hydroxylation sites is 2. The molecule has 0 atom stereocenters. The molecule has 2 amide bonds. The van der Waals surface area contributed by atoms with Gasteiger partial charge in [-0.2, -0.15) is 0 Å². The highest BCUT2D eigenvalue weighted by Gasteiger charge is 2.25. The van der Waals surface area contributed by atoms with Crippen LogP contribution in [-0.4, -0.2) is 59.4 Å². The van der Waals surface area contributed by atoms with Crippen LogP contribution < -0.4 is 9.64 Å². The highest BCUT2D eigenvalue weighted by molar-refractivity contribution is 5.96. The van der Waals surface area contributed by atoms with Gasteiger partial charge in [0, 0.05) is 58.1 Å². The lowest BCUT2D eigenvalue weighted by molar-refractivity contribution is -0.132. The van der Waals surface area contributed by atoms with E-state index in [1.807, 2.05) is 77.4 Å². The molecule has 234 valence electrons. The second-order valence-corrected chi connectivity index (χ2v) is 11.7. The van der Waals surface area contributed by atoms with E-state index in [1.165, 1.54) is 11.1 Å². The van der Waals surface area contributed by atoms with Crippen molar-refractivity contribution < 1.29 is 14.3 Å². The number of amides is 2. The fourth-order valence-electron chi connectivity index (χ4n) is 6.03. The molecule has 1 aliphatic heterocycles. The summed E-state index contributed by atoms with van der Waals surface area (Å²) in [6.07, 6.45) is 7.41. The van der Waals surface area contributed by atoms with Crippen LogP contribution in [0, 0.1) is 6.92 Å². The number of anilines is 1. The van der Waals surface area contributed by atoms with E-state index < -0.39 is 0 Å². The number of ether oxygens (including phenoxy) is 1. The standard InChI is InChI=1S/C38H44N4O3/c1-31-12-8-16-34-29-41(36(43)19-9-15-32-20-22-39-23-21-32)26-10-24-40(28-33-13-4-2-5-14-33)25-11-27-42(38(31)34)37(44)30-45-35-17-6-3-7-18-35/h2-8,12-14,16-18,20-23H,9-11,15,19,24-30H2,1H3. The summed E-state index contributed by atoms with van der Waals surface area (Å²) in [7, 11) is 0. The van der Waals surface area contributed by atoms with Gasteiger partial charge in [-0.15, -0.1) is 0 Å². The van der Waals surface area contributed by atoms with E-state index in [2.05, 4.69) is 40.2 Å². The zero-order valence-electron chi connectivity index (χ0n) is 26.3. The lowest BCUT2D eigenvalue weighted by Gasteiger charge is -2.32. The van der Waals surface area contributed by atoms with E-state index in [0.29, 0.717) is 31.8 Å². The Morgan fingerprint density at radius 3 is 2.22 bits per heavy atom. The summed E-state index contributed by atoms with van der Waals surface area (Å²) in [5.41, 5.74) is 5.36. The molecule has 3 aromatic carbocycles. The van der Waals surface area contributed by atoms with Crippen molar-refractivity contribution in [2.75, 3.05) is 37.7 Å². The Balaban J connectivity index is 1.38. The van der Waals surface area contributed by atoms with Crippen molar-refractivity contribution in [1.82, 2.24) is 14.8 Å². The molecule has 0 spiro atoms. The minimum atomic E-state index is -0.0868. The zero-order valence-corrected chi connectivity index (χ0v) is 26.3. The summed E-state index contributed by atoms with van der Waals surface area (Å²) in [6, 6.07) is 30.1. The highest BCUT2D eigenvalue weighted by atomic mass is 16.5. The normalized spacial score (nSPS) is 14.6. The second kappa shape index (κ2) is 16.5. The van der Waals surface area contributed by atoms with Crippen molar-refractivity contribution >= 4 is 17.5 Å². The van der Waals surface area contributed by atoms with Crippen LogP contribution in [-0.2, 0) is 29.1 Å². The summed E-state index contributed by atoms with van der Waals surface area (Å²) in [5.74, 6) is 0.729. The first-order valence-electron chi connectivity index (χ1n) is 16.1. The Bertz CT molecular complexity index is 1500. The van der Waals surface area contributed by atoms with Gasteiger partial charge in [-0.05, 0) is 79.1 Å². The van der Waals surface area contributed by atoms with Crippen molar-refractivity contribution in [3.63, 3.8) is 0 Å². The fourth-order valence-corrected chi connectivity index (χ4v) is 6.03. The third-order valence-corrected chi connectivity index (χ3v) is 8.32. The molecular weight excluding hydrogens is 560 g/mol. The Kier molecular flexibility index (Phi) is 11.7. The Morgan fingerprint density at radius 1 is 0.756 bits per heavy atom. The van der Waals surface area contributed by atoms with Gasteiger partial charge in [0.1, 0.15) is 5.75 Å². The van der Waals surface area contributed by atoms with Gasteiger partial charge in [0.2, 0.25) is 5.91 Å². The molecule has 5 rings (SSSR count). The summed E-state index contributed by atoms with van der Waals surface area (Å²) < 4.78 is 5.92. The van der Waals surface area contributed by atoms with Crippen LogP contribution in [0.15, 0.2) is 103 Å². The van der Waals surface area contributed by atoms with E-state index in [-0.39, 0.29) is 18.4 Å². The van der Waals surface area contributed by atoms with Gasteiger partial charge in [-0.3, -0.25) is 19.5 Å². The van der Waals surface area contributed by atoms with Crippen molar-refractivity contribution in [2.24, 2.45) is 0 Å². The van der Waals surface area contributed by atoms with Gasteiger partial charge < -0.3 is 14.5 Å². The first kappa shape index (κ1) is 31.9. The number of aryl methyl sites for hydroxylation is 2. The Hall–Kier alpha value is -4.49. The maximum atomic E-state index is 13.9. The SMILES string of the molecule is Cc1cccc2c1N(C(=O)COc1ccccc1)CCCN(Cc1ccccc1)CCCN(C(=O)CCCc1ccncc1)C2. The van der Waals surface area contributed by atoms with Crippen molar-refractivity contribution in [1.29, 1.82) is 0 Å². The molecule has 45 heavy (non-hydrogen) atoms. The summed E-state index contributed by atoms with van der Waals surface area (Å²) >= 11 is 0. The van der Waals surface area contributed by atoms with Crippen LogP contribution in [0.5, 0.6) is 5.75 Å². The number of hydrogen-bond acceptors (Lipinski definition) is 5. The first-order valence-corrected chi connectivity index (χ1v) is 16.1. The number of fused-ring (bicyclic) bond motifs is 1. The molecule has 0 aliphatic carbocycles. The molecule has 2 heterocycles. The van der Waals surface area contributed by atoms with Gasteiger partial charge in [-0.25, -0.2) is 0 Å². The van der Waals surface area contributed by atoms with Crippen molar-refractivity contribution in [3.05, 3.63) is 126 Å². The predicted octanol–water partition coefficient (Wildman–Crippen LogP) is 6.45. The molecule has 0 bridgehead atoms. The molecule has 0 N–H and O–H groups in total. The molecule has 0 unspecified atom stereocenters. The number of pyridine rings is 1. The maximum Gasteiger partial charge on any atom is 0.264 e. The van der Waals surface area contributed by atoms with E-state index >= 15 is 0 Å². The van der Waals surface area contributed by atoms with Gasteiger partial charge in [0.05, 0.1) is 5.69 Å². The molecule has 4 aromatic rings. The quantitative estimate of drug-likeness (QED) is 0.220. The highest BCUT2D eigenvalue weighted by Crippen LogP contribution is 2.28. The van der Waals surface area contributed by atoms with Crippen LogP contribution in [0.3, 0.4) is 0 Å². The summed E-state index contributed by atoms with van der Waals surface area (Å²) in [5, 5.41) is 0. The van der Waals surface area contributed by atoms with Crippen LogP contribution in [0.25, 0.3) is 0 Å². The number of nitrogens with zero attached hydrogens (tertiary/aromatic N) is 4. The fraction of sp³-hybridized carbons (Fsp3) is 0.342. The average Bonchev–Trinajstić information content (AvgIpc) is 3.06. The lowest BCUT2D eigenvalue weighted by atomic mass is 10.0. The third kappa shape index (κ3) is 9.50. The molecule has 1 aromatic heterocycles. The third-order valence-electron chi connectivity index (χ3n) is 8.32. The Morgan fingerprint density at radius 2 is 1.47 bits per heavy atom. The number of carbonyl (C=O) groups is 2. The van der Waals surface area contributed by atoms with Gasteiger partial charge in [0.15, 0.2) is 6.61 Å². The predicted molar refractivity (Wildman–Crippen MR) is 179 cm³/mol. The number of rotatable bonds is 9. The van der Waals surface area contributed by atoms with Gasteiger partial charge >= 0.3 is 0 Å². The average molecular weight is 605 g/mol. The smallest absolute Gasteiger partial charge is 0.264 e. The lowest BCUT2D eigenvalue weighted by Crippen LogP contribution is -2.40. The van der Waals surface area contributed by atoms with E-state index in [4.69, 9.17) is 4.74 Å². The van der Waals surface area contributed by atoms with E-state index in [1.54, 1.807) is 12.4 Å².